The molecule has 0 saturated carbocycles. The molecule has 0 radical (unpaired) electrons. The fourth-order valence-electron chi connectivity index (χ4n) is 1.77. The Balaban J connectivity index is 2.59. The Morgan fingerprint density at radius 3 is 2.35 bits per heavy atom. The lowest BCUT2D eigenvalue weighted by atomic mass is 10.1. The number of hydrogen-bond donors (Lipinski definition) is 3. The van der Waals surface area contributed by atoms with Crippen molar-refractivity contribution in [3.63, 3.8) is 0 Å². The topological polar surface area (TPSA) is 101 Å². The van der Waals surface area contributed by atoms with Gasteiger partial charge >= 0.3 is 0 Å². The number of benzene rings is 1. The maximum atomic E-state index is 11.9. The summed E-state index contributed by atoms with van der Waals surface area (Å²) in [5.74, 6) is -0.348. The molecule has 0 aliphatic heterocycles. The van der Waals surface area contributed by atoms with E-state index in [9.17, 15) is 13.2 Å². The number of sulfonamides is 1. The first kappa shape index (κ1) is 16.6. The molecule has 7 heteroatoms. The van der Waals surface area contributed by atoms with Crippen LogP contribution in [0.2, 0.25) is 0 Å². The van der Waals surface area contributed by atoms with Crippen LogP contribution in [0.15, 0.2) is 30.3 Å². The number of carbonyl (C=O) groups is 1. The van der Waals surface area contributed by atoms with E-state index >= 15 is 0 Å². The first-order chi connectivity index (χ1) is 9.11. The molecule has 0 saturated heterocycles. The van der Waals surface area contributed by atoms with Crippen molar-refractivity contribution < 1.29 is 13.2 Å². The molecular weight excluding hydrogens is 278 g/mol. The Labute approximate surface area is 119 Å². The number of carbonyl (C=O) groups excluding carboxylic acids is 1. The highest BCUT2D eigenvalue weighted by molar-refractivity contribution is 7.88. The number of nitrogens with two attached hydrogens (primary N) is 1. The van der Waals surface area contributed by atoms with Crippen LogP contribution in [0.1, 0.15) is 25.5 Å². The Morgan fingerprint density at radius 2 is 1.85 bits per heavy atom. The first-order valence-corrected chi connectivity index (χ1v) is 8.07. The molecular formula is C13H21N3O3S. The summed E-state index contributed by atoms with van der Waals surface area (Å²) in [5, 5.41) is 2.65. The minimum absolute atomic E-state index is 0.152. The number of nitrogens with one attached hydrogen (secondary N) is 2. The van der Waals surface area contributed by atoms with Crippen molar-refractivity contribution in [1.82, 2.24) is 10.0 Å². The Morgan fingerprint density at radius 1 is 1.30 bits per heavy atom. The second-order valence-corrected chi connectivity index (χ2v) is 7.11. The van der Waals surface area contributed by atoms with Crippen molar-refractivity contribution in [1.29, 1.82) is 0 Å². The number of hydrogen-bond acceptors (Lipinski definition) is 4. The van der Waals surface area contributed by atoms with Crippen molar-refractivity contribution in [2.75, 3.05) is 12.8 Å². The zero-order chi connectivity index (χ0) is 15.4. The molecule has 0 spiro atoms. The summed E-state index contributed by atoms with van der Waals surface area (Å²) >= 11 is 0. The van der Waals surface area contributed by atoms with Gasteiger partial charge in [0.1, 0.15) is 6.04 Å². The highest BCUT2D eigenvalue weighted by Crippen LogP contribution is 2.10. The molecule has 0 aliphatic rings. The normalized spacial score (nSPS) is 13.8. The third-order valence-electron chi connectivity index (χ3n) is 2.61. The van der Waals surface area contributed by atoms with Gasteiger partial charge in [0.2, 0.25) is 15.9 Å². The summed E-state index contributed by atoms with van der Waals surface area (Å²) in [6.07, 6.45) is 1.08. The van der Waals surface area contributed by atoms with Crippen molar-refractivity contribution in [3.05, 3.63) is 35.9 Å². The van der Waals surface area contributed by atoms with Gasteiger partial charge in [-0.3, -0.25) is 4.79 Å². The van der Waals surface area contributed by atoms with Crippen LogP contribution in [0, 0.1) is 0 Å². The first-order valence-electron chi connectivity index (χ1n) is 6.18. The minimum Gasteiger partial charge on any atom is -0.353 e. The van der Waals surface area contributed by atoms with E-state index in [4.69, 9.17) is 5.73 Å². The van der Waals surface area contributed by atoms with Crippen molar-refractivity contribution in [3.8, 4) is 0 Å². The largest absolute Gasteiger partial charge is 0.353 e. The molecule has 1 rings (SSSR count). The highest BCUT2D eigenvalue weighted by Gasteiger charge is 2.24. The molecule has 112 valence electrons. The van der Waals surface area contributed by atoms with Crippen LogP contribution >= 0.6 is 0 Å². The Kier molecular flexibility index (Phi) is 5.27. The summed E-state index contributed by atoms with van der Waals surface area (Å²) in [7, 11) is -3.33. The minimum atomic E-state index is -3.33. The molecule has 0 heterocycles. The second-order valence-electron chi connectivity index (χ2n) is 5.36. The van der Waals surface area contributed by atoms with Gasteiger partial charge in [0.15, 0.2) is 0 Å². The van der Waals surface area contributed by atoms with E-state index in [1.165, 1.54) is 0 Å². The predicted molar refractivity (Wildman–Crippen MR) is 78.4 cm³/mol. The third kappa shape index (κ3) is 5.68. The summed E-state index contributed by atoms with van der Waals surface area (Å²) in [6.45, 7) is 3.52. The zero-order valence-corrected chi connectivity index (χ0v) is 12.7. The molecule has 0 fully saturated rings. The van der Waals surface area contributed by atoms with Crippen molar-refractivity contribution in [2.45, 2.75) is 25.4 Å². The maximum Gasteiger partial charge on any atom is 0.241 e. The third-order valence-corrected chi connectivity index (χ3v) is 3.53. The van der Waals surface area contributed by atoms with Crippen LogP contribution in [0.3, 0.4) is 0 Å². The quantitative estimate of drug-likeness (QED) is 0.695. The molecule has 0 aliphatic carbocycles. The molecule has 1 amide bonds. The second kappa shape index (κ2) is 6.34. The Bertz CT molecular complexity index is 555. The van der Waals surface area contributed by atoms with E-state index in [0.29, 0.717) is 5.56 Å². The molecule has 0 unspecified atom stereocenters. The van der Waals surface area contributed by atoms with Crippen molar-refractivity contribution >= 4 is 15.9 Å². The lowest BCUT2D eigenvalue weighted by Crippen LogP contribution is -2.52. The molecule has 1 aromatic rings. The van der Waals surface area contributed by atoms with Crippen molar-refractivity contribution in [2.24, 2.45) is 5.73 Å². The fraction of sp³-hybridized carbons (Fsp3) is 0.462. The van der Waals surface area contributed by atoms with Gasteiger partial charge in [-0.15, -0.1) is 0 Å². The summed E-state index contributed by atoms with van der Waals surface area (Å²) < 4.78 is 24.8. The van der Waals surface area contributed by atoms with Crippen LogP contribution in [0.4, 0.5) is 0 Å². The van der Waals surface area contributed by atoms with Gasteiger partial charge in [0, 0.05) is 12.1 Å². The average Bonchev–Trinajstić information content (AvgIpc) is 2.33. The van der Waals surface area contributed by atoms with Crippen LogP contribution in [0.5, 0.6) is 0 Å². The SMILES string of the molecule is CC(C)(CNC(=O)[C@H](N)c1ccccc1)NS(C)(=O)=O. The predicted octanol–water partition coefficient (Wildman–Crippen LogP) is 0.130. The lowest BCUT2D eigenvalue weighted by molar-refractivity contribution is -0.122. The highest BCUT2D eigenvalue weighted by atomic mass is 32.2. The lowest BCUT2D eigenvalue weighted by Gasteiger charge is -2.26. The summed E-state index contributed by atoms with van der Waals surface area (Å²) in [5.41, 5.74) is 5.77. The van der Waals surface area contributed by atoms with E-state index in [-0.39, 0.29) is 12.5 Å². The van der Waals surface area contributed by atoms with E-state index in [0.717, 1.165) is 6.26 Å². The van der Waals surface area contributed by atoms with Gasteiger partial charge in [-0.1, -0.05) is 30.3 Å². The summed E-state index contributed by atoms with van der Waals surface area (Å²) in [4.78, 5) is 11.9. The van der Waals surface area contributed by atoms with E-state index in [1.54, 1.807) is 38.1 Å². The van der Waals surface area contributed by atoms with Crippen LogP contribution in [-0.4, -0.2) is 32.7 Å². The van der Waals surface area contributed by atoms with Gasteiger partial charge in [0.25, 0.3) is 0 Å². The van der Waals surface area contributed by atoms with Gasteiger partial charge in [-0.2, -0.15) is 0 Å². The van der Waals surface area contributed by atoms with Crippen LogP contribution in [0.25, 0.3) is 0 Å². The molecule has 1 atom stereocenters. The molecule has 0 bridgehead atoms. The maximum absolute atomic E-state index is 11.9. The van der Waals surface area contributed by atoms with Crippen LogP contribution < -0.4 is 15.8 Å². The smallest absolute Gasteiger partial charge is 0.241 e. The van der Waals surface area contributed by atoms with E-state index in [1.807, 2.05) is 6.07 Å². The molecule has 6 nitrogen and oxygen atoms in total. The van der Waals surface area contributed by atoms with Gasteiger partial charge in [-0.25, -0.2) is 13.1 Å². The van der Waals surface area contributed by atoms with Gasteiger partial charge in [0.05, 0.1) is 6.26 Å². The number of rotatable bonds is 6. The molecule has 4 N–H and O–H groups in total. The molecule has 0 aromatic heterocycles. The standard InChI is InChI=1S/C13H21N3O3S/c1-13(2,16-20(3,18)19)9-15-12(17)11(14)10-7-5-4-6-8-10/h4-8,11,16H,9,14H2,1-3H3,(H,15,17)/t11-/m1/s1. The van der Waals surface area contributed by atoms with Gasteiger partial charge in [-0.05, 0) is 19.4 Å². The summed E-state index contributed by atoms with van der Waals surface area (Å²) in [6, 6.07) is 8.21. The number of amides is 1. The van der Waals surface area contributed by atoms with E-state index < -0.39 is 21.6 Å². The Hall–Kier alpha value is -1.44. The fourth-order valence-corrected chi connectivity index (χ4v) is 2.84. The zero-order valence-electron chi connectivity index (χ0n) is 11.9. The molecule has 20 heavy (non-hydrogen) atoms. The monoisotopic (exact) mass is 299 g/mol. The van der Waals surface area contributed by atoms with Crippen LogP contribution in [-0.2, 0) is 14.8 Å². The van der Waals surface area contributed by atoms with Gasteiger partial charge < -0.3 is 11.1 Å². The van der Waals surface area contributed by atoms with E-state index in [2.05, 4.69) is 10.0 Å². The molecule has 1 aromatic carbocycles. The average molecular weight is 299 g/mol.